The van der Waals surface area contributed by atoms with Crippen LogP contribution in [0, 0.1) is 0 Å². The molecule has 1 aromatic rings. The molecule has 1 atom stereocenters. The molecule has 1 N–H and O–H groups in total. The lowest BCUT2D eigenvalue weighted by Gasteiger charge is -2.15. The van der Waals surface area contributed by atoms with Crippen molar-refractivity contribution in [1.29, 1.82) is 0 Å². The van der Waals surface area contributed by atoms with E-state index in [0.29, 0.717) is 0 Å². The molecule has 16 heavy (non-hydrogen) atoms. The highest BCUT2D eigenvalue weighted by Gasteiger charge is 2.20. The van der Waals surface area contributed by atoms with E-state index in [-0.39, 0.29) is 12.7 Å². The van der Waals surface area contributed by atoms with Crippen molar-refractivity contribution in [3.05, 3.63) is 29.3 Å². The topological polar surface area (TPSA) is 21.3 Å². The molecule has 3 heteroatoms. The first kappa shape index (κ1) is 11.4. The number of nitrogens with one attached hydrogen (secondary N) is 1. The van der Waals surface area contributed by atoms with E-state index in [1.54, 1.807) is 0 Å². The molecule has 0 radical (unpaired) electrons. The monoisotopic (exact) mass is 223 g/mol. The summed E-state index contributed by atoms with van der Waals surface area (Å²) in [6.45, 7) is 4.88. The Hall–Kier alpha value is -1.09. The lowest BCUT2D eigenvalue weighted by atomic mass is 10.0. The van der Waals surface area contributed by atoms with Crippen LogP contribution in [0.3, 0.4) is 0 Å². The van der Waals surface area contributed by atoms with Crippen LogP contribution in [-0.2, 0) is 11.2 Å². The maximum absolute atomic E-state index is 14.0. The summed E-state index contributed by atoms with van der Waals surface area (Å²) in [5.41, 5.74) is 2.92. The fraction of sp³-hybridized carbons (Fsp3) is 0.538. The summed E-state index contributed by atoms with van der Waals surface area (Å²) >= 11 is 0. The Morgan fingerprint density at radius 2 is 2.25 bits per heavy atom. The van der Waals surface area contributed by atoms with E-state index in [9.17, 15) is 4.39 Å². The minimum Gasteiger partial charge on any atom is -0.384 e. The van der Waals surface area contributed by atoms with Gasteiger partial charge in [0.1, 0.15) is 0 Å². The highest BCUT2D eigenvalue weighted by Crippen LogP contribution is 2.32. The van der Waals surface area contributed by atoms with Gasteiger partial charge in [0.25, 0.3) is 0 Å². The maximum Gasteiger partial charge on any atom is 0.150 e. The predicted octanol–water partition coefficient (Wildman–Crippen LogP) is 3.09. The minimum absolute atomic E-state index is 0.0722. The van der Waals surface area contributed by atoms with Crippen LogP contribution in [0.15, 0.2) is 18.2 Å². The molecule has 1 aliphatic rings. The first-order valence-corrected chi connectivity index (χ1v) is 5.80. The third-order valence-corrected chi connectivity index (χ3v) is 2.79. The molecule has 0 amide bonds. The molecule has 1 unspecified atom stereocenters. The van der Waals surface area contributed by atoms with E-state index < -0.39 is 6.17 Å². The number of alkyl halides is 1. The Morgan fingerprint density at radius 1 is 1.44 bits per heavy atom. The number of hydrogen-bond donors (Lipinski definition) is 1. The Bertz CT molecular complexity index is 365. The Labute approximate surface area is 95.8 Å². The van der Waals surface area contributed by atoms with Gasteiger partial charge >= 0.3 is 0 Å². The number of hydrogen-bond acceptors (Lipinski definition) is 2. The Morgan fingerprint density at radius 3 is 3.00 bits per heavy atom. The fourth-order valence-electron chi connectivity index (χ4n) is 1.99. The molecular weight excluding hydrogens is 205 g/mol. The highest BCUT2D eigenvalue weighted by molar-refractivity contribution is 5.61. The summed E-state index contributed by atoms with van der Waals surface area (Å²) in [6.07, 6.45) is 0.0203. The molecular formula is C13H18FNO. The molecule has 0 saturated carbocycles. The van der Waals surface area contributed by atoms with Gasteiger partial charge in [-0.25, -0.2) is 4.39 Å². The summed E-state index contributed by atoms with van der Waals surface area (Å²) in [4.78, 5) is 0. The summed E-state index contributed by atoms with van der Waals surface area (Å²) in [7, 11) is 0. The molecule has 0 aromatic heterocycles. The van der Waals surface area contributed by atoms with Crippen LogP contribution >= 0.6 is 0 Å². The van der Waals surface area contributed by atoms with Crippen molar-refractivity contribution in [2.75, 3.05) is 18.5 Å². The van der Waals surface area contributed by atoms with Gasteiger partial charge in [-0.1, -0.05) is 18.2 Å². The molecule has 1 aliphatic heterocycles. The average molecular weight is 223 g/mol. The van der Waals surface area contributed by atoms with Crippen molar-refractivity contribution >= 4 is 5.69 Å². The molecule has 1 heterocycles. The standard InChI is InChI=1S/C13H18FNO/c1-9(2)16-8-12(14)11-5-3-4-10-6-7-15-13(10)11/h3-5,9,12,15H,6-8H2,1-2H3. The highest BCUT2D eigenvalue weighted by atomic mass is 19.1. The van der Waals surface area contributed by atoms with Gasteiger partial charge in [-0.05, 0) is 25.8 Å². The van der Waals surface area contributed by atoms with E-state index >= 15 is 0 Å². The van der Waals surface area contributed by atoms with Crippen LogP contribution in [0.2, 0.25) is 0 Å². The molecule has 88 valence electrons. The molecule has 2 rings (SSSR count). The van der Waals surface area contributed by atoms with E-state index in [4.69, 9.17) is 4.74 Å². The summed E-state index contributed by atoms with van der Waals surface area (Å²) in [6, 6.07) is 5.81. The first-order valence-electron chi connectivity index (χ1n) is 5.80. The Balaban J connectivity index is 2.11. The van der Waals surface area contributed by atoms with Crippen molar-refractivity contribution < 1.29 is 9.13 Å². The molecule has 0 aliphatic carbocycles. The van der Waals surface area contributed by atoms with Crippen LogP contribution in [0.1, 0.15) is 31.1 Å². The Kier molecular flexibility index (Phi) is 3.44. The molecule has 0 bridgehead atoms. The molecule has 0 spiro atoms. The van der Waals surface area contributed by atoms with Crippen LogP contribution in [0.25, 0.3) is 0 Å². The summed E-state index contributed by atoms with van der Waals surface area (Å²) < 4.78 is 19.3. The zero-order chi connectivity index (χ0) is 11.5. The van der Waals surface area contributed by atoms with Crippen molar-refractivity contribution in [3.8, 4) is 0 Å². The lowest BCUT2D eigenvalue weighted by Crippen LogP contribution is -2.10. The second-order valence-corrected chi connectivity index (χ2v) is 4.41. The lowest BCUT2D eigenvalue weighted by molar-refractivity contribution is 0.0382. The van der Waals surface area contributed by atoms with Crippen LogP contribution in [0.4, 0.5) is 10.1 Å². The van der Waals surface area contributed by atoms with Gasteiger partial charge in [0, 0.05) is 17.8 Å². The second kappa shape index (κ2) is 4.83. The van der Waals surface area contributed by atoms with E-state index in [0.717, 1.165) is 24.2 Å². The van der Waals surface area contributed by atoms with Crippen molar-refractivity contribution in [3.63, 3.8) is 0 Å². The van der Waals surface area contributed by atoms with Gasteiger partial charge in [-0.3, -0.25) is 0 Å². The van der Waals surface area contributed by atoms with Crippen molar-refractivity contribution in [2.45, 2.75) is 32.5 Å². The number of para-hydroxylation sites is 1. The van der Waals surface area contributed by atoms with Gasteiger partial charge < -0.3 is 10.1 Å². The average Bonchev–Trinajstić information content (AvgIpc) is 2.73. The second-order valence-electron chi connectivity index (χ2n) is 4.41. The zero-order valence-corrected chi connectivity index (χ0v) is 9.79. The summed E-state index contributed by atoms with van der Waals surface area (Å²) in [5, 5.41) is 3.24. The molecule has 0 saturated heterocycles. The normalized spacial score (nSPS) is 16.0. The maximum atomic E-state index is 14.0. The SMILES string of the molecule is CC(C)OCC(F)c1cccc2c1NCC2. The number of ether oxygens (including phenoxy) is 1. The van der Waals surface area contributed by atoms with Crippen LogP contribution in [0.5, 0.6) is 0 Å². The van der Waals surface area contributed by atoms with Gasteiger partial charge in [0.2, 0.25) is 0 Å². The van der Waals surface area contributed by atoms with Gasteiger partial charge in [0.05, 0.1) is 12.7 Å². The number of fused-ring (bicyclic) bond motifs is 1. The number of anilines is 1. The molecule has 2 nitrogen and oxygen atoms in total. The summed E-state index contributed by atoms with van der Waals surface area (Å²) in [5.74, 6) is 0. The molecule has 1 aromatic carbocycles. The number of benzene rings is 1. The van der Waals surface area contributed by atoms with Crippen molar-refractivity contribution in [1.82, 2.24) is 0 Å². The number of rotatable bonds is 4. The van der Waals surface area contributed by atoms with Gasteiger partial charge in [-0.2, -0.15) is 0 Å². The van der Waals surface area contributed by atoms with E-state index in [1.165, 1.54) is 5.56 Å². The van der Waals surface area contributed by atoms with Gasteiger partial charge in [-0.15, -0.1) is 0 Å². The third kappa shape index (κ3) is 2.35. The quantitative estimate of drug-likeness (QED) is 0.847. The van der Waals surface area contributed by atoms with Crippen molar-refractivity contribution in [2.24, 2.45) is 0 Å². The largest absolute Gasteiger partial charge is 0.384 e. The predicted molar refractivity (Wildman–Crippen MR) is 63.6 cm³/mol. The fourth-order valence-corrected chi connectivity index (χ4v) is 1.99. The van der Waals surface area contributed by atoms with E-state index in [1.807, 2.05) is 26.0 Å². The van der Waals surface area contributed by atoms with Crippen LogP contribution in [-0.4, -0.2) is 19.3 Å². The minimum atomic E-state index is -1.04. The van der Waals surface area contributed by atoms with E-state index in [2.05, 4.69) is 11.4 Å². The smallest absolute Gasteiger partial charge is 0.150 e. The first-order chi connectivity index (χ1) is 7.68. The van der Waals surface area contributed by atoms with Crippen LogP contribution < -0.4 is 5.32 Å². The number of halogens is 1. The van der Waals surface area contributed by atoms with Gasteiger partial charge in [0.15, 0.2) is 6.17 Å². The molecule has 0 fully saturated rings. The zero-order valence-electron chi connectivity index (χ0n) is 9.79. The third-order valence-electron chi connectivity index (χ3n) is 2.79.